The van der Waals surface area contributed by atoms with Crippen LogP contribution in [0.3, 0.4) is 0 Å². The number of anilines is 1. The van der Waals surface area contributed by atoms with Crippen molar-refractivity contribution in [2.45, 2.75) is 31.3 Å². The van der Waals surface area contributed by atoms with Gasteiger partial charge in [0.15, 0.2) is 17.2 Å². The molecule has 0 radical (unpaired) electrons. The third-order valence-electron chi connectivity index (χ3n) is 6.18. The molecule has 5 rings (SSSR count). The highest BCUT2D eigenvalue weighted by Crippen LogP contribution is 2.46. The number of methoxy groups -OCH3 is 1. The first-order valence-corrected chi connectivity index (χ1v) is 14.4. The van der Waals surface area contributed by atoms with Crippen LogP contribution in [0, 0.1) is 0 Å². The molecule has 1 amide bonds. The summed E-state index contributed by atoms with van der Waals surface area (Å²) < 4.78 is 19.1. The Hall–Kier alpha value is -3.89. The molecule has 0 saturated carbocycles. The minimum Gasteiger partial charge on any atom is -0.493 e. The van der Waals surface area contributed by atoms with Gasteiger partial charge in [0.25, 0.3) is 0 Å². The van der Waals surface area contributed by atoms with Crippen LogP contribution in [0.4, 0.5) is 5.69 Å². The largest absolute Gasteiger partial charge is 0.493 e. The Morgan fingerprint density at radius 3 is 2.67 bits per heavy atom. The highest BCUT2D eigenvalue weighted by atomic mass is 79.9. The molecule has 4 aromatic rings. The van der Waals surface area contributed by atoms with Crippen LogP contribution in [0.5, 0.6) is 17.4 Å². The maximum absolute atomic E-state index is 13.5. The average Bonchev–Trinajstić information content (AvgIpc) is 3.13. The first-order chi connectivity index (χ1) is 19.5. The summed E-state index contributed by atoms with van der Waals surface area (Å²) in [5.74, 6) is 1.82. The molecule has 10 heteroatoms. The molecule has 1 aliphatic rings. The molecule has 1 aliphatic heterocycles. The van der Waals surface area contributed by atoms with E-state index >= 15 is 0 Å². The van der Waals surface area contributed by atoms with E-state index in [4.69, 9.17) is 14.2 Å². The highest BCUT2D eigenvalue weighted by molar-refractivity contribution is 9.10. The van der Waals surface area contributed by atoms with Crippen LogP contribution in [0.25, 0.3) is 11.3 Å². The third-order valence-corrected chi connectivity index (χ3v) is 7.60. The number of aromatic nitrogens is 3. The lowest BCUT2D eigenvalue weighted by Gasteiger charge is -2.31. The summed E-state index contributed by atoms with van der Waals surface area (Å²) >= 11 is 5.06. The number of halogens is 1. The monoisotopic (exact) mass is 618 g/mol. The number of ether oxygens (including phenoxy) is 3. The number of hydrogen-bond donors (Lipinski definition) is 0. The van der Waals surface area contributed by atoms with Crippen molar-refractivity contribution in [2.75, 3.05) is 17.8 Å². The Morgan fingerprint density at radius 2 is 1.93 bits per heavy atom. The van der Waals surface area contributed by atoms with Crippen LogP contribution in [-0.2, 0) is 11.4 Å². The topological polar surface area (TPSA) is 86.7 Å². The molecule has 0 spiro atoms. The highest BCUT2D eigenvalue weighted by Gasteiger charge is 2.36. The van der Waals surface area contributed by atoms with E-state index in [-0.39, 0.29) is 18.2 Å². The van der Waals surface area contributed by atoms with Crippen LogP contribution >= 0.6 is 27.7 Å². The Balaban J connectivity index is 1.61. The molecular weight excluding hydrogens is 592 g/mol. The van der Waals surface area contributed by atoms with Crippen molar-refractivity contribution in [2.24, 2.45) is 0 Å². The lowest BCUT2D eigenvalue weighted by atomic mass is 10.1. The van der Waals surface area contributed by atoms with Crippen molar-refractivity contribution >= 4 is 39.3 Å². The minimum atomic E-state index is -0.864. The number of amides is 1. The van der Waals surface area contributed by atoms with Gasteiger partial charge >= 0.3 is 0 Å². The number of hydrogen-bond acceptors (Lipinski definition) is 8. The SMILES string of the molecule is C=CCSc1nnc2c(n1)O[C@@H](c1cc(Br)c(OCc3ccccc3)c(OC)c1)N(C(=O)CC)c1ccccc1-2. The molecule has 0 unspecified atom stereocenters. The first-order valence-electron chi connectivity index (χ1n) is 12.6. The van der Waals surface area contributed by atoms with Gasteiger partial charge in [-0.2, -0.15) is 4.98 Å². The van der Waals surface area contributed by atoms with E-state index in [1.807, 2.05) is 73.7 Å². The van der Waals surface area contributed by atoms with Gasteiger partial charge in [-0.25, -0.2) is 0 Å². The smallest absolute Gasteiger partial charge is 0.247 e. The second-order valence-corrected chi connectivity index (χ2v) is 10.6. The number of rotatable bonds is 9. The molecule has 0 N–H and O–H groups in total. The molecule has 0 bridgehead atoms. The zero-order valence-corrected chi connectivity index (χ0v) is 24.4. The maximum atomic E-state index is 13.5. The summed E-state index contributed by atoms with van der Waals surface area (Å²) in [5.41, 5.74) is 3.51. The van der Waals surface area contributed by atoms with E-state index in [0.29, 0.717) is 56.0 Å². The van der Waals surface area contributed by atoms with Crippen molar-refractivity contribution < 1.29 is 19.0 Å². The fourth-order valence-corrected chi connectivity index (χ4v) is 5.40. The van der Waals surface area contributed by atoms with Gasteiger partial charge < -0.3 is 14.2 Å². The number of carbonyl (C=O) groups excluding carboxylic acids is 1. The lowest BCUT2D eigenvalue weighted by molar-refractivity contribution is -0.120. The second kappa shape index (κ2) is 12.5. The Bertz CT molecular complexity index is 1540. The molecule has 0 saturated heterocycles. The van der Waals surface area contributed by atoms with Gasteiger partial charge in [-0.1, -0.05) is 73.3 Å². The molecule has 1 atom stereocenters. The zero-order chi connectivity index (χ0) is 28.1. The first kappa shape index (κ1) is 27.7. The molecule has 0 fully saturated rings. The van der Waals surface area contributed by atoms with Gasteiger partial charge in [0.05, 0.1) is 17.3 Å². The van der Waals surface area contributed by atoms with E-state index in [1.165, 1.54) is 11.8 Å². The predicted octanol–water partition coefficient (Wildman–Crippen LogP) is 7.00. The van der Waals surface area contributed by atoms with E-state index in [1.54, 1.807) is 18.1 Å². The van der Waals surface area contributed by atoms with Gasteiger partial charge in [-0.05, 0) is 39.7 Å². The van der Waals surface area contributed by atoms with Gasteiger partial charge in [-0.3, -0.25) is 9.69 Å². The fraction of sp³-hybridized carbons (Fsp3) is 0.200. The van der Waals surface area contributed by atoms with Gasteiger partial charge in [0.1, 0.15) is 6.61 Å². The van der Waals surface area contributed by atoms with Crippen molar-refractivity contribution in [3.63, 3.8) is 0 Å². The molecule has 204 valence electrons. The van der Waals surface area contributed by atoms with E-state index < -0.39 is 6.23 Å². The van der Waals surface area contributed by atoms with E-state index in [9.17, 15) is 4.79 Å². The number of benzene rings is 3. The summed E-state index contributed by atoms with van der Waals surface area (Å²) in [6, 6.07) is 21.1. The summed E-state index contributed by atoms with van der Waals surface area (Å²) in [5, 5.41) is 9.19. The summed E-state index contributed by atoms with van der Waals surface area (Å²) in [6.45, 7) is 5.95. The number of nitrogens with zero attached hydrogens (tertiary/aromatic N) is 4. The lowest BCUT2D eigenvalue weighted by Crippen LogP contribution is -2.37. The quantitative estimate of drug-likeness (QED) is 0.146. The van der Waals surface area contributed by atoms with Gasteiger partial charge in [-0.15, -0.1) is 16.8 Å². The zero-order valence-electron chi connectivity index (χ0n) is 22.0. The standard InChI is InChI=1S/C30H27BrN4O4S/c1-4-15-40-30-32-28-26(33-34-30)21-13-9-10-14-23(21)35(25(36)5-2)29(39-28)20-16-22(31)27(24(17-20)37-3)38-18-19-11-7-6-8-12-19/h4,6-14,16-17,29H,1,5,15,18H2,2-3H3/t29-/m0/s1. The Kier molecular flexibility index (Phi) is 8.66. The number of thioether (sulfide) groups is 1. The fourth-order valence-electron chi connectivity index (χ4n) is 4.32. The van der Waals surface area contributed by atoms with Crippen molar-refractivity contribution in [1.82, 2.24) is 15.2 Å². The van der Waals surface area contributed by atoms with Crippen LogP contribution in [-0.4, -0.2) is 34.0 Å². The van der Waals surface area contributed by atoms with E-state index in [0.717, 1.165) is 5.56 Å². The van der Waals surface area contributed by atoms with E-state index in [2.05, 4.69) is 37.7 Å². The molecule has 8 nitrogen and oxygen atoms in total. The molecule has 2 heterocycles. The second-order valence-electron chi connectivity index (χ2n) is 8.76. The summed E-state index contributed by atoms with van der Waals surface area (Å²) in [4.78, 5) is 19.8. The van der Waals surface area contributed by atoms with Crippen LogP contribution < -0.4 is 19.1 Å². The molecule has 40 heavy (non-hydrogen) atoms. The van der Waals surface area contributed by atoms with Crippen molar-refractivity contribution in [3.05, 3.63) is 95.0 Å². The van der Waals surface area contributed by atoms with Gasteiger partial charge in [0.2, 0.25) is 23.2 Å². The van der Waals surface area contributed by atoms with Crippen molar-refractivity contribution in [1.29, 1.82) is 0 Å². The molecule has 3 aromatic carbocycles. The number of carbonyl (C=O) groups is 1. The average molecular weight is 620 g/mol. The predicted molar refractivity (Wildman–Crippen MR) is 159 cm³/mol. The maximum Gasteiger partial charge on any atom is 0.247 e. The van der Waals surface area contributed by atoms with Crippen LogP contribution in [0.15, 0.2) is 89.0 Å². The Labute approximate surface area is 245 Å². The molecule has 1 aromatic heterocycles. The molecular formula is C30H27BrN4O4S. The summed E-state index contributed by atoms with van der Waals surface area (Å²) in [6.07, 6.45) is 1.17. The van der Waals surface area contributed by atoms with Gasteiger partial charge in [0, 0.05) is 23.3 Å². The number of para-hydroxylation sites is 1. The normalized spacial score (nSPS) is 13.9. The Morgan fingerprint density at radius 1 is 1.15 bits per heavy atom. The molecule has 0 aliphatic carbocycles. The van der Waals surface area contributed by atoms with Crippen LogP contribution in [0.1, 0.15) is 30.7 Å². The third kappa shape index (κ3) is 5.68. The van der Waals surface area contributed by atoms with Crippen molar-refractivity contribution in [3.8, 4) is 28.6 Å². The minimum absolute atomic E-state index is 0.126. The summed E-state index contributed by atoms with van der Waals surface area (Å²) in [7, 11) is 1.58. The van der Waals surface area contributed by atoms with Crippen LogP contribution in [0.2, 0.25) is 0 Å². The number of fused-ring (bicyclic) bond motifs is 3.